The monoisotopic (exact) mass is 333 g/mol. The van der Waals surface area contributed by atoms with Crippen molar-refractivity contribution in [2.24, 2.45) is 0 Å². The van der Waals surface area contributed by atoms with Crippen molar-refractivity contribution in [2.45, 2.75) is 57.3 Å². The summed E-state index contributed by atoms with van der Waals surface area (Å²) in [5, 5.41) is 2.95. The van der Waals surface area contributed by atoms with Crippen molar-refractivity contribution < 1.29 is 23.8 Å². The Labute approximate surface area is 141 Å². The lowest BCUT2D eigenvalue weighted by molar-refractivity contribution is -0.163. The Hall–Kier alpha value is -2.24. The van der Waals surface area contributed by atoms with Crippen LogP contribution in [0.4, 0.5) is 0 Å². The molecule has 0 radical (unpaired) electrons. The smallest absolute Gasteiger partial charge is 0.351 e. The van der Waals surface area contributed by atoms with Crippen LogP contribution in [-0.2, 0) is 14.3 Å². The molecule has 6 nitrogen and oxygen atoms in total. The zero-order chi connectivity index (χ0) is 16.9. The molecule has 1 heterocycles. The Morgan fingerprint density at radius 1 is 1.17 bits per heavy atom. The molecule has 3 rings (SSSR count). The lowest BCUT2D eigenvalue weighted by atomic mass is 9.95. The van der Waals surface area contributed by atoms with E-state index in [0.717, 1.165) is 25.7 Å². The first-order valence-electron chi connectivity index (χ1n) is 8.53. The number of nitrogens with one attached hydrogen (secondary N) is 1. The molecular formula is C18H23NO5. The van der Waals surface area contributed by atoms with Gasteiger partial charge in [0.05, 0.1) is 0 Å². The summed E-state index contributed by atoms with van der Waals surface area (Å²) in [5.74, 6) is 0.262. The topological polar surface area (TPSA) is 73.9 Å². The lowest BCUT2D eigenvalue weighted by Gasteiger charge is -2.27. The number of fused-ring (bicyclic) bond motifs is 1. The molecular weight excluding hydrogens is 310 g/mol. The zero-order valence-corrected chi connectivity index (χ0v) is 13.8. The van der Waals surface area contributed by atoms with Crippen LogP contribution in [0.5, 0.6) is 11.5 Å². The van der Waals surface area contributed by atoms with Crippen LogP contribution in [0.15, 0.2) is 24.3 Å². The Balaban J connectivity index is 1.50. The number of para-hydroxylation sites is 2. The molecule has 1 saturated carbocycles. The third kappa shape index (κ3) is 3.99. The van der Waals surface area contributed by atoms with Gasteiger partial charge in [-0.1, -0.05) is 31.4 Å². The van der Waals surface area contributed by atoms with E-state index in [1.165, 1.54) is 6.42 Å². The molecule has 0 spiro atoms. The Morgan fingerprint density at radius 3 is 2.62 bits per heavy atom. The van der Waals surface area contributed by atoms with Gasteiger partial charge in [-0.25, -0.2) is 4.79 Å². The maximum atomic E-state index is 12.2. The van der Waals surface area contributed by atoms with Gasteiger partial charge >= 0.3 is 5.97 Å². The summed E-state index contributed by atoms with van der Waals surface area (Å²) in [7, 11) is 0. The van der Waals surface area contributed by atoms with E-state index in [0.29, 0.717) is 11.5 Å². The van der Waals surface area contributed by atoms with Gasteiger partial charge in [0, 0.05) is 6.04 Å². The SMILES string of the molecule is C[C@@H](OC(=O)[C@@H]1COc2ccccc2O1)C(=O)NC1CCCCC1. The predicted octanol–water partition coefficient (Wildman–Crippen LogP) is 2.21. The highest BCUT2D eigenvalue weighted by Gasteiger charge is 2.31. The van der Waals surface area contributed by atoms with Crippen molar-refractivity contribution in [3.63, 3.8) is 0 Å². The molecule has 1 aliphatic heterocycles. The largest absolute Gasteiger partial charge is 0.485 e. The van der Waals surface area contributed by atoms with Gasteiger partial charge < -0.3 is 19.5 Å². The molecule has 1 aromatic rings. The Kier molecular flexibility index (Phi) is 5.23. The average Bonchev–Trinajstić information content (AvgIpc) is 2.62. The van der Waals surface area contributed by atoms with Crippen molar-refractivity contribution >= 4 is 11.9 Å². The maximum absolute atomic E-state index is 12.2. The average molecular weight is 333 g/mol. The number of benzene rings is 1. The van der Waals surface area contributed by atoms with Gasteiger partial charge in [0.2, 0.25) is 6.10 Å². The van der Waals surface area contributed by atoms with Gasteiger partial charge in [-0.15, -0.1) is 0 Å². The van der Waals surface area contributed by atoms with Crippen LogP contribution in [-0.4, -0.2) is 36.7 Å². The van der Waals surface area contributed by atoms with E-state index >= 15 is 0 Å². The first-order valence-corrected chi connectivity index (χ1v) is 8.53. The van der Waals surface area contributed by atoms with Crippen LogP contribution in [0.1, 0.15) is 39.0 Å². The minimum Gasteiger partial charge on any atom is -0.485 e. The number of ether oxygens (including phenoxy) is 3. The van der Waals surface area contributed by atoms with Gasteiger partial charge in [0.1, 0.15) is 6.61 Å². The molecule has 1 N–H and O–H groups in total. The minimum atomic E-state index is -0.857. The fourth-order valence-corrected chi connectivity index (χ4v) is 3.00. The molecule has 1 aliphatic carbocycles. The number of hydrogen-bond donors (Lipinski definition) is 1. The molecule has 0 saturated heterocycles. The fourth-order valence-electron chi connectivity index (χ4n) is 3.00. The molecule has 1 aromatic carbocycles. The summed E-state index contributed by atoms with van der Waals surface area (Å²) in [6.45, 7) is 1.65. The third-order valence-corrected chi connectivity index (χ3v) is 4.39. The molecule has 0 aromatic heterocycles. The quantitative estimate of drug-likeness (QED) is 0.855. The van der Waals surface area contributed by atoms with Crippen LogP contribution < -0.4 is 14.8 Å². The van der Waals surface area contributed by atoms with E-state index in [1.54, 1.807) is 25.1 Å². The summed E-state index contributed by atoms with van der Waals surface area (Å²) >= 11 is 0. The van der Waals surface area contributed by atoms with Crippen LogP contribution in [0, 0.1) is 0 Å². The van der Waals surface area contributed by atoms with E-state index < -0.39 is 18.2 Å². The Morgan fingerprint density at radius 2 is 1.88 bits per heavy atom. The van der Waals surface area contributed by atoms with Crippen LogP contribution in [0.2, 0.25) is 0 Å². The molecule has 24 heavy (non-hydrogen) atoms. The molecule has 0 bridgehead atoms. The molecule has 0 unspecified atom stereocenters. The van der Waals surface area contributed by atoms with E-state index in [9.17, 15) is 9.59 Å². The highest BCUT2D eigenvalue weighted by atomic mass is 16.6. The van der Waals surface area contributed by atoms with E-state index in [1.807, 2.05) is 6.07 Å². The minimum absolute atomic E-state index is 0.0762. The molecule has 6 heteroatoms. The van der Waals surface area contributed by atoms with E-state index in [-0.39, 0.29) is 18.6 Å². The van der Waals surface area contributed by atoms with E-state index in [2.05, 4.69) is 5.32 Å². The zero-order valence-electron chi connectivity index (χ0n) is 13.8. The molecule has 130 valence electrons. The van der Waals surface area contributed by atoms with Crippen LogP contribution in [0.25, 0.3) is 0 Å². The standard InChI is InChI=1S/C18H23NO5/c1-12(17(20)19-13-7-3-2-4-8-13)23-18(21)16-11-22-14-9-5-6-10-15(14)24-16/h5-6,9-10,12-13,16H,2-4,7-8,11H2,1H3,(H,19,20)/t12-,16+/m1/s1. The summed E-state index contributed by atoms with van der Waals surface area (Å²) in [6, 6.07) is 7.33. The second-order valence-electron chi connectivity index (χ2n) is 6.29. The number of rotatable bonds is 4. The first-order chi connectivity index (χ1) is 11.6. The van der Waals surface area contributed by atoms with Crippen molar-refractivity contribution in [1.82, 2.24) is 5.32 Å². The number of carbonyl (C=O) groups excluding carboxylic acids is 2. The molecule has 1 fully saturated rings. The predicted molar refractivity (Wildman–Crippen MR) is 86.9 cm³/mol. The van der Waals surface area contributed by atoms with Crippen molar-refractivity contribution in [3.05, 3.63) is 24.3 Å². The van der Waals surface area contributed by atoms with Gasteiger partial charge in [0.15, 0.2) is 17.6 Å². The maximum Gasteiger partial charge on any atom is 0.351 e. The first kappa shape index (κ1) is 16.6. The van der Waals surface area contributed by atoms with Gasteiger partial charge in [-0.3, -0.25) is 4.79 Å². The van der Waals surface area contributed by atoms with Crippen LogP contribution in [0.3, 0.4) is 0 Å². The normalized spacial score (nSPS) is 21.6. The van der Waals surface area contributed by atoms with E-state index in [4.69, 9.17) is 14.2 Å². The highest BCUT2D eigenvalue weighted by molar-refractivity contribution is 5.85. The molecule has 1 amide bonds. The second kappa shape index (κ2) is 7.55. The van der Waals surface area contributed by atoms with Crippen molar-refractivity contribution in [1.29, 1.82) is 0 Å². The Bertz CT molecular complexity index is 597. The van der Waals surface area contributed by atoms with Crippen LogP contribution >= 0.6 is 0 Å². The fraction of sp³-hybridized carbons (Fsp3) is 0.556. The number of carbonyl (C=O) groups is 2. The lowest BCUT2D eigenvalue weighted by Crippen LogP contribution is -2.45. The summed E-state index contributed by atoms with van der Waals surface area (Å²) in [4.78, 5) is 24.4. The third-order valence-electron chi connectivity index (χ3n) is 4.39. The summed E-state index contributed by atoms with van der Waals surface area (Å²) in [6.07, 6.45) is 3.76. The summed E-state index contributed by atoms with van der Waals surface area (Å²) < 4.78 is 16.3. The van der Waals surface area contributed by atoms with Gasteiger partial charge in [-0.05, 0) is 31.9 Å². The van der Waals surface area contributed by atoms with Gasteiger partial charge in [-0.2, -0.15) is 0 Å². The van der Waals surface area contributed by atoms with Gasteiger partial charge in [0.25, 0.3) is 5.91 Å². The second-order valence-corrected chi connectivity index (χ2v) is 6.29. The number of hydrogen-bond acceptors (Lipinski definition) is 5. The highest BCUT2D eigenvalue weighted by Crippen LogP contribution is 2.31. The number of esters is 1. The van der Waals surface area contributed by atoms with Crippen molar-refractivity contribution in [2.75, 3.05) is 6.61 Å². The number of amides is 1. The molecule has 2 aliphatic rings. The van der Waals surface area contributed by atoms with Crippen molar-refractivity contribution in [3.8, 4) is 11.5 Å². The summed E-state index contributed by atoms with van der Waals surface area (Å²) in [5.41, 5.74) is 0. The molecule has 2 atom stereocenters.